The van der Waals surface area contributed by atoms with E-state index in [1.54, 1.807) is 0 Å². The second-order valence-corrected chi connectivity index (χ2v) is 4.32. The minimum Gasteiger partial charge on any atom is -0.445 e. The molecule has 0 saturated heterocycles. The molecule has 1 fully saturated rings. The van der Waals surface area contributed by atoms with E-state index in [-0.39, 0.29) is 18.7 Å². The summed E-state index contributed by atoms with van der Waals surface area (Å²) in [5.74, 6) is 0.421. The van der Waals surface area contributed by atoms with Gasteiger partial charge < -0.3 is 15.2 Å². The predicted octanol–water partition coefficient (Wildman–Crippen LogP) is 1.68. The highest BCUT2D eigenvalue weighted by Crippen LogP contribution is 2.33. The zero-order chi connectivity index (χ0) is 12.1. The third kappa shape index (κ3) is 3.75. The molecule has 0 aliphatic heterocycles. The Morgan fingerprint density at radius 1 is 1.41 bits per heavy atom. The SMILES string of the molecule is O=C(NC1CC1CCO)OCc1ccccc1. The minimum atomic E-state index is -0.376. The lowest BCUT2D eigenvalue weighted by atomic mass is 10.2. The molecule has 2 rings (SSSR count). The summed E-state index contributed by atoms with van der Waals surface area (Å²) in [6.07, 6.45) is 1.32. The van der Waals surface area contributed by atoms with Gasteiger partial charge in [0.2, 0.25) is 0 Å². The van der Waals surface area contributed by atoms with Crippen molar-refractivity contribution < 1.29 is 14.6 Å². The van der Waals surface area contributed by atoms with Gasteiger partial charge in [-0.2, -0.15) is 0 Å². The Bertz CT molecular complexity index is 366. The van der Waals surface area contributed by atoms with E-state index in [0.717, 1.165) is 18.4 Å². The maximum absolute atomic E-state index is 11.4. The zero-order valence-electron chi connectivity index (χ0n) is 9.63. The van der Waals surface area contributed by atoms with Crippen molar-refractivity contribution in [1.29, 1.82) is 0 Å². The van der Waals surface area contributed by atoms with E-state index >= 15 is 0 Å². The van der Waals surface area contributed by atoms with Gasteiger partial charge in [0.25, 0.3) is 0 Å². The molecule has 1 aromatic carbocycles. The molecule has 1 saturated carbocycles. The molecule has 0 aromatic heterocycles. The molecule has 2 atom stereocenters. The summed E-state index contributed by atoms with van der Waals surface area (Å²) in [4.78, 5) is 11.4. The number of amides is 1. The molecule has 4 heteroatoms. The van der Waals surface area contributed by atoms with Gasteiger partial charge in [0.1, 0.15) is 6.61 Å². The highest BCUT2D eigenvalue weighted by atomic mass is 16.5. The molecule has 1 aliphatic rings. The van der Waals surface area contributed by atoms with Crippen molar-refractivity contribution in [2.45, 2.75) is 25.5 Å². The van der Waals surface area contributed by atoms with Gasteiger partial charge in [-0.05, 0) is 24.3 Å². The Morgan fingerprint density at radius 3 is 2.88 bits per heavy atom. The van der Waals surface area contributed by atoms with Crippen LogP contribution in [0.25, 0.3) is 0 Å². The van der Waals surface area contributed by atoms with Crippen LogP contribution in [-0.2, 0) is 11.3 Å². The van der Waals surface area contributed by atoms with E-state index in [9.17, 15) is 4.79 Å². The van der Waals surface area contributed by atoms with Gasteiger partial charge in [0.15, 0.2) is 0 Å². The normalized spacial score (nSPS) is 21.9. The Balaban J connectivity index is 1.65. The van der Waals surface area contributed by atoms with Crippen LogP contribution < -0.4 is 5.32 Å². The summed E-state index contributed by atoms with van der Waals surface area (Å²) in [5, 5.41) is 11.5. The van der Waals surface area contributed by atoms with Crippen LogP contribution in [0.5, 0.6) is 0 Å². The number of hydrogen-bond donors (Lipinski definition) is 2. The van der Waals surface area contributed by atoms with Crippen molar-refractivity contribution in [1.82, 2.24) is 5.32 Å². The van der Waals surface area contributed by atoms with Gasteiger partial charge >= 0.3 is 6.09 Å². The molecule has 0 heterocycles. The van der Waals surface area contributed by atoms with Crippen LogP contribution in [0.2, 0.25) is 0 Å². The lowest BCUT2D eigenvalue weighted by molar-refractivity contribution is 0.138. The molecule has 2 unspecified atom stereocenters. The highest BCUT2D eigenvalue weighted by Gasteiger charge is 2.37. The molecular weight excluding hydrogens is 218 g/mol. The fourth-order valence-corrected chi connectivity index (χ4v) is 1.83. The van der Waals surface area contributed by atoms with E-state index < -0.39 is 0 Å². The smallest absolute Gasteiger partial charge is 0.407 e. The number of aliphatic hydroxyl groups is 1. The summed E-state index contributed by atoms with van der Waals surface area (Å²) in [5.41, 5.74) is 0.977. The molecule has 0 spiro atoms. The van der Waals surface area contributed by atoms with Crippen LogP contribution in [0.1, 0.15) is 18.4 Å². The number of alkyl carbamates (subject to hydrolysis) is 1. The maximum Gasteiger partial charge on any atom is 0.407 e. The first-order chi connectivity index (χ1) is 8.29. The Labute approximate surface area is 101 Å². The first-order valence-electron chi connectivity index (χ1n) is 5.87. The van der Waals surface area contributed by atoms with Crippen molar-refractivity contribution in [3.05, 3.63) is 35.9 Å². The average molecular weight is 235 g/mol. The maximum atomic E-state index is 11.4. The van der Waals surface area contributed by atoms with Gasteiger partial charge in [0.05, 0.1) is 0 Å². The second kappa shape index (κ2) is 5.68. The lowest BCUT2D eigenvalue weighted by Gasteiger charge is -2.06. The van der Waals surface area contributed by atoms with Crippen LogP contribution in [0, 0.1) is 5.92 Å². The van der Waals surface area contributed by atoms with Crippen LogP contribution in [-0.4, -0.2) is 23.8 Å². The Hall–Kier alpha value is -1.55. The van der Waals surface area contributed by atoms with E-state index in [2.05, 4.69) is 5.32 Å². The van der Waals surface area contributed by atoms with Gasteiger partial charge in [-0.3, -0.25) is 0 Å². The van der Waals surface area contributed by atoms with Gasteiger partial charge in [-0.15, -0.1) is 0 Å². The quantitative estimate of drug-likeness (QED) is 0.816. The molecule has 92 valence electrons. The minimum absolute atomic E-state index is 0.182. The summed E-state index contributed by atoms with van der Waals surface area (Å²) < 4.78 is 5.09. The average Bonchev–Trinajstić information content (AvgIpc) is 3.06. The van der Waals surface area contributed by atoms with Crippen molar-refractivity contribution in [3.8, 4) is 0 Å². The number of hydrogen-bond acceptors (Lipinski definition) is 3. The van der Waals surface area contributed by atoms with Crippen molar-refractivity contribution in [2.24, 2.45) is 5.92 Å². The fourth-order valence-electron chi connectivity index (χ4n) is 1.83. The van der Waals surface area contributed by atoms with Crippen LogP contribution in [0.4, 0.5) is 4.79 Å². The van der Waals surface area contributed by atoms with Crippen molar-refractivity contribution in [3.63, 3.8) is 0 Å². The van der Waals surface area contributed by atoms with E-state index in [0.29, 0.717) is 12.5 Å². The van der Waals surface area contributed by atoms with E-state index in [1.165, 1.54) is 0 Å². The third-order valence-corrected chi connectivity index (χ3v) is 2.94. The number of carbonyl (C=O) groups excluding carboxylic acids is 1. The largest absolute Gasteiger partial charge is 0.445 e. The van der Waals surface area contributed by atoms with Crippen molar-refractivity contribution >= 4 is 6.09 Å². The molecular formula is C13H17NO3. The first-order valence-corrected chi connectivity index (χ1v) is 5.87. The number of carbonyl (C=O) groups is 1. The zero-order valence-corrected chi connectivity index (χ0v) is 9.63. The molecule has 1 amide bonds. The van der Waals surface area contributed by atoms with E-state index in [1.807, 2.05) is 30.3 Å². The third-order valence-electron chi connectivity index (χ3n) is 2.94. The Kier molecular flexibility index (Phi) is 3.98. The number of ether oxygens (including phenoxy) is 1. The monoisotopic (exact) mass is 235 g/mol. The van der Waals surface area contributed by atoms with Crippen LogP contribution in [0.15, 0.2) is 30.3 Å². The standard InChI is InChI=1S/C13H17NO3/c15-7-6-11-8-12(11)14-13(16)17-9-10-4-2-1-3-5-10/h1-5,11-12,15H,6-9H2,(H,14,16). The summed E-state index contributed by atoms with van der Waals surface area (Å²) >= 11 is 0. The molecule has 2 N–H and O–H groups in total. The van der Waals surface area contributed by atoms with Gasteiger partial charge in [-0.25, -0.2) is 4.79 Å². The van der Waals surface area contributed by atoms with Gasteiger partial charge in [-0.1, -0.05) is 30.3 Å². The summed E-state index contributed by atoms with van der Waals surface area (Å²) in [6.45, 7) is 0.478. The van der Waals surface area contributed by atoms with E-state index in [4.69, 9.17) is 9.84 Å². The highest BCUT2D eigenvalue weighted by molar-refractivity contribution is 5.68. The fraction of sp³-hybridized carbons (Fsp3) is 0.462. The predicted molar refractivity (Wildman–Crippen MR) is 63.4 cm³/mol. The summed E-state index contributed by atoms with van der Waals surface area (Å²) in [6, 6.07) is 9.76. The molecule has 0 radical (unpaired) electrons. The second-order valence-electron chi connectivity index (χ2n) is 4.32. The molecule has 1 aromatic rings. The molecule has 17 heavy (non-hydrogen) atoms. The number of nitrogens with one attached hydrogen (secondary N) is 1. The van der Waals surface area contributed by atoms with Crippen LogP contribution in [0.3, 0.4) is 0 Å². The van der Waals surface area contributed by atoms with Crippen LogP contribution >= 0.6 is 0 Å². The Morgan fingerprint density at radius 2 is 2.18 bits per heavy atom. The van der Waals surface area contributed by atoms with Gasteiger partial charge in [0, 0.05) is 12.6 Å². The number of aliphatic hydroxyl groups excluding tert-OH is 1. The molecule has 1 aliphatic carbocycles. The summed E-state index contributed by atoms with van der Waals surface area (Å²) in [7, 11) is 0. The number of benzene rings is 1. The lowest BCUT2D eigenvalue weighted by Crippen LogP contribution is -2.27. The topological polar surface area (TPSA) is 58.6 Å². The first kappa shape index (κ1) is 11.9. The molecule has 4 nitrogen and oxygen atoms in total. The molecule has 0 bridgehead atoms. The number of rotatable bonds is 5. The van der Waals surface area contributed by atoms with Crippen molar-refractivity contribution in [2.75, 3.05) is 6.61 Å².